The van der Waals surface area contributed by atoms with Crippen LogP contribution in [0, 0.1) is 5.92 Å². The zero-order valence-electron chi connectivity index (χ0n) is 18.9. The van der Waals surface area contributed by atoms with Crippen molar-refractivity contribution in [3.05, 3.63) is 63.6 Å². The molecule has 0 aliphatic carbocycles. The number of hydrogen-bond acceptors (Lipinski definition) is 4. The fourth-order valence-corrected chi connectivity index (χ4v) is 5.63. The van der Waals surface area contributed by atoms with Gasteiger partial charge in [-0.25, -0.2) is 0 Å². The molecule has 172 valence electrons. The van der Waals surface area contributed by atoms with Gasteiger partial charge < -0.3 is 4.74 Å². The van der Waals surface area contributed by atoms with Gasteiger partial charge >= 0.3 is 5.97 Å². The Morgan fingerprint density at radius 3 is 2.72 bits per heavy atom. The van der Waals surface area contributed by atoms with E-state index in [1.54, 1.807) is 11.8 Å². The van der Waals surface area contributed by atoms with Crippen LogP contribution in [0.25, 0.3) is 6.08 Å². The van der Waals surface area contributed by atoms with Gasteiger partial charge in [0.15, 0.2) is 0 Å². The highest BCUT2D eigenvalue weighted by atomic mass is 35.5. The molecule has 3 rings (SSSR count). The molecule has 1 aliphatic heterocycles. The van der Waals surface area contributed by atoms with E-state index in [2.05, 4.69) is 43.0 Å². The fourth-order valence-electron chi connectivity index (χ4n) is 3.93. The molecule has 0 amide bonds. The molecule has 1 saturated heterocycles. The van der Waals surface area contributed by atoms with Crippen LogP contribution >= 0.6 is 35.0 Å². The molecular weight excluding hydrogens is 461 g/mol. The lowest BCUT2D eigenvalue weighted by Gasteiger charge is -2.30. The molecule has 0 saturated carbocycles. The summed E-state index contributed by atoms with van der Waals surface area (Å²) < 4.78 is 5.19. The van der Waals surface area contributed by atoms with Gasteiger partial charge in [-0.1, -0.05) is 85.2 Å². The molecule has 2 aromatic rings. The topological polar surface area (TPSA) is 29.5 Å². The van der Waals surface area contributed by atoms with E-state index in [1.807, 2.05) is 31.2 Å². The zero-order chi connectivity index (χ0) is 23.1. The molecule has 1 atom stereocenters. The summed E-state index contributed by atoms with van der Waals surface area (Å²) in [5.41, 5.74) is 2.20. The Hall–Kier alpha value is -1.46. The molecule has 0 aromatic heterocycles. The van der Waals surface area contributed by atoms with Crippen molar-refractivity contribution in [3.8, 4) is 0 Å². The predicted molar refractivity (Wildman–Crippen MR) is 136 cm³/mol. The number of ether oxygens (including phenoxy) is 1. The average Bonchev–Trinajstić information content (AvgIpc) is 2.79. The molecule has 1 aliphatic rings. The smallest absolute Gasteiger partial charge is 0.310 e. The first-order valence-corrected chi connectivity index (χ1v) is 12.8. The molecule has 2 aromatic carbocycles. The van der Waals surface area contributed by atoms with Gasteiger partial charge in [-0.05, 0) is 55.5 Å². The van der Waals surface area contributed by atoms with Crippen molar-refractivity contribution in [1.29, 1.82) is 0 Å². The van der Waals surface area contributed by atoms with E-state index in [-0.39, 0.29) is 11.9 Å². The van der Waals surface area contributed by atoms with E-state index in [0.29, 0.717) is 22.6 Å². The lowest BCUT2D eigenvalue weighted by molar-refractivity contribution is -0.149. The Bertz CT molecular complexity index is 961. The molecule has 1 heterocycles. The van der Waals surface area contributed by atoms with Crippen LogP contribution in [0.1, 0.15) is 50.7 Å². The number of carbonyl (C=O) groups excluding carboxylic acids is 1. The normalized spacial score (nSPS) is 17.2. The molecule has 0 spiro atoms. The first-order valence-electron chi connectivity index (χ1n) is 11.2. The molecule has 1 fully saturated rings. The van der Waals surface area contributed by atoms with Gasteiger partial charge in [-0.3, -0.25) is 9.69 Å². The summed E-state index contributed by atoms with van der Waals surface area (Å²) >= 11 is 14.9. The molecule has 3 nitrogen and oxygen atoms in total. The molecule has 32 heavy (non-hydrogen) atoms. The van der Waals surface area contributed by atoms with Crippen molar-refractivity contribution in [2.24, 2.45) is 5.92 Å². The van der Waals surface area contributed by atoms with Gasteiger partial charge in [0.05, 0.1) is 22.6 Å². The summed E-state index contributed by atoms with van der Waals surface area (Å²) in [6.07, 6.45) is 6.01. The number of piperidine rings is 1. The molecular formula is C26H31Cl2NO2S. The second kappa shape index (κ2) is 12.1. The van der Waals surface area contributed by atoms with Crippen LogP contribution in [-0.4, -0.2) is 37.1 Å². The van der Waals surface area contributed by atoms with E-state index < -0.39 is 0 Å². The van der Waals surface area contributed by atoms with Crippen molar-refractivity contribution < 1.29 is 9.53 Å². The van der Waals surface area contributed by atoms with Gasteiger partial charge in [0, 0.05) is 22.9 Å². The van der Waals surface area contributed by atoms with E-state index in [9.17, 15) is 4.79 Å². The third-order valence-electron chi connectivity index (χ3n) is 5.62. The lowest BCUT2D eigenvalue weighted by Crippen LogP contribution is -2.39. The highest BCUT2D eigenvalue weighted by Gasteiger charge is 2.26. The average molecular weight is 493 g/mol. The number of rotatable bonds is 8. The van der Waals surface area contributed by atoms with Crippen LogP contribution in [0.4, 0.5) is 0 Å². The van der Waals surface area contributed by atoms with Gasteiger partial charge in [-0.2, -0.15) is 0 Å². The van der Waals surface area contributed by atoms with E-state index >= 15 is 0 Å². The Balaban J connectivity index is 1.65. The molecule has 6 heteroatoms. The maximum Gasteiger partial charge on any atom is 0.310 e. The van der Waals surface area contributed by atoms with Crippen molar-refractivity contribution in [2.45, 2.75) is 49.3 Å². The monoisotopic (exact) mass is 491 g/mol. The molecule has 0 N–H and O–H groups in total. The number of esters is 1. The largest absolute Gasteiger partial charge is 0.466 e. The van der Waals surface area contributed by atoms with Crippen LogP contribution in [-0.2, 0) is 9.53 Å². The first-order chi connectivity index (χ1) is 15.4. The summed E-state index contributed by atoms with van der Waals surface area (Å²) in [5, 5.41) is 1.15. The maximum atomic E-state index is 12.0. The number of likely N-dealkylation sites (tertiary alicyclic amines) is 1. The van der Waals surface area contributed by atoms with E-state index in [1.165, 1.54) is 10.5 Å². The standard InChI is InChI=1S/C26H31Cl2NO2S/c1-4-31-26(30)20-10-8-16-29(17-20)15-7-9-19-13-14-23(25(28)24(19)27)32-22-12-6-5-11-21(22)18(2)3/h5-7,9,11-14,18,20H,4,8,10,15-17H2,1-3H3/b9-7+. The van der Waals surface area contributed by atoms with Crippen LogP contribution in [0.5, 0.6) is 0 Å². The first kappa shape index (κ1) is 25.2. The highest BCUT2D eigenvalue weighted by molar-refractivity contribution is 7.99. The summed E-state index contributed by atoms with van der Waals surface area (Å²) in [4.78, 5) is 16.5. The zero-order valence-corrected chi connectivity index (χ0v) is 21.3. The summed E-state index contributed by atoms with van der Waals surface area (Å²) in [6, 6.07) is 12.5. The van der Waals surface area contributed by atoms with Crippen molar-refractivity contribution >= 4 is 47.0 Å². The lowest BCUT2D eigenvalue weighted by atomic mass is 9.98. The van der Waals surface area contributed by atoms with Crippen LogP contribution in [0.2, 0.25) is 10.0 Å². The van der Waals surface area contributed by atoms with Gasteiger partial charge in [0.25, 0.3) is 0 Å². The molecule has 1 unspecified atom stereocenters. The highest BCUT2D eigenvalue weighted by Crippen LogP contribution is 2.41. The Morgan fingerprint density at radius 1 is 1.19 bits per heavy atom. The van der Waals surface area contributed by atoms with Crippen LogP contribution in [0.3, 0.4) is 0 Å². The molecule has 0 bridgehead atoms. The van der Waals surface area contributed by atoms with Crippen molar-refractivity contribution in [3.63, 3.8) is 0 Å². The minimum atomic E-state index is -0.0804. The summed E-state index contributed by atoms with van der Waals surface area (Å²) in [6.45, 7) is 9.16. The Kier molecular flexibility index (Phi) is 9.54. The number of benzene rings is 2. The number of nitrogens with zero attached hydrogens (tertiary/aromatic N) is 1. The quantitative estimate of drug-likeness (QED) is 0.356. The second-order valence-corrected chi connectivity index (χ2v) is 10.2. The third-order valence-corrected chi connectivity index (χ3v) is 7.78. The summed E-state index contributed by atoms with van der Waals surface area (Å²) in [5.74, 6) is 0.330. The minimum Gasteiger partial charge on any atom is -0.466 e. The van der Waals surface area contributed by atoms with Crippen LogP contribution < -0.4 is 0 Å². The van der Waals surface area contributed by atoms with E-state index in [0.717, 1.165) is 42.9 Å². The fraction of sp³-hybridized carbons (Fsp3) is 0.423. The Morgan fingerprint density at radius 2 is 1.97 bits per heavy atom. The predicted octanol–water partition coefficient (Wildman–Crippen LogP) is 7.56. The molecule has 0 radical (unpaired) electrons. The van der Waals surface area contributed by atoms with Crippen LogP contribution in [0.15, 0.2) is 52.3 Å². The third kappa shape index (κ3) is 6.54. The maximum absolute atomic E-state index is 12.0. The van der Waals surface area contributed by atoms with Gasteiger partial charge in [-0.15, -0.1) is 0 Å². The van der Waals surface area contributed by atoms with Crippen molar-refractivity contribution in [1.82, 2.24) is 4.90 Å². The summed E-state index contributed by atoms with van der Waals surface area (Å²) in [7, 11) is 0. The van der Waals surface area contributed by atoms with Gasteiger partial charge in [0.2, 0.25) is 0 Å². The number of carbonyl (C=O) groups is 1. The number of halogens is 2. The Labute approximate surface area is 206 Å². The number of hydrogen-bond donors (Lipinski definition) is 0. The van der Waals surface area contributed by atoms with E-state index in [4.69, 9.17) is 27.9 Å². The van der Waals surface area contributed by atoms with Crippen molar-refractivity contribution in [2.75, 3.05) is 26.2 Å². The second-order valence-electron chi connectivity index (χ2n) is 8.33. The SMILES string of the molecule is CCOC(=O)C1CCCN(C/C=C/c2ccc(Sc3ccccc3C(C)C)c(Cl)c2Cl)C1. The minimum absolute atomic E-state index is 0.0276. The van der Waals surface area contributed by atoms with Gasteiger partial charge in [0.1, 0.15) is 0 Å².